The number of rotatable bonds is 5. The summed E-state index contributed by atoms with van der Waals surface area (Å²) in [6.07, 6.45) is 1.56. The second kappa shape index (κ2) is 7.42. The van der Waals surface area contributed by atoms with Gasteiger partial charge in [0.1, 0.15) is 23.7 Å². The van der Waals surface area contributed by atoms with Crippen LogP contribution in [0.4, 0.5) is 0 Å². The lowest BCUT2D eigenvalue weighted by Gasteiger charge is -2.10. The first-order valence-corrected chi connectivity index (χ1v) is 8.97. The van der Waals surface area contributed by atoms with Gasteiger partial charge in [0.15, 0.2) is 11.1 Å². The second-order valence-corrected chi connectivity index (χ2v) is 6.72. The Hall–Kier alpha value is -2.83. The molecule has 2 heterocycles. The van der Waals surface area contributed by atoms with Crippen molar-refractivity contribution in [1.82, 2.24) is 19.5 Å². The van der Waals surface area contributed by atoms with Crippen LogP contribution in [0.1, 0.15) is 11.4 Å². The number of para-hydroxylation sites is 1. The van der Waals surface area contributed by atoms with Gasteiger partial charge in [-0.25, -0.2) is 9.97 Å². The van der Waals surface area contributed by atoms with Gasteiger partial charge in [0.25, 0.3) is 0 Å². The van der Waals surface area contributed by atoms with E-state index >= 15 is 0 Å². The standard InChI is InChI=1S/C19H15Cl2N5O/c20-14-7-4-8-15(21)13(14)9-26-11-23-18(22)17-19(26)25-16(24-17)10-27-12-5-2-1-3-6-12/h1-8,11,22H,9-10H2,(H,24,25). The largest absolute Gasteiger partial charge is 0.486 e. The van der Waals surface area contributed by atoms with Crippen molar-refractivity contribution in [2.24, 2.45) is 0 Å². The summed E-state index contributed by atoms with van der Waals surface area (Å²) >= 11 is 12.6. The fourth-order valence-electron chi connectivity index (χ4n) is 2.74. The molecule has 0 bridgehead atoms. The Morgan fingerprint density at radius 1 is 1.04 bits per heavy atom. The molecule has 0 unspecified atom stereocenters. The van der Waals surface area contributed by atoms with E-state index in [-0.39, 0.29) is 12.1 Å². The summed E-state index contributed by atoms with van der Waals surface area (Å²) in [6, 6.07) is 14.9. The normalized spacial score (nSPS) is 11.0. The molecule has 2 N–H and O–H groups in total. The highest BCUT2D eigenvalue weighted by Crippen LogP contribution is 2.25. The Morgan fingerprint density at radius 3 is 2.52 bits per heavy atom. The lowest BCUT2D eigenvalue weighted by Crippen LogP contribution is -2.13. The molecule has 0 atom stereocenters. The van der Waals surface area contributed by atoms with Crippen molar-refractivity contribution in [3.63, 3.8) is 0 Å². The second-order valence-electron chi connectivity index (χ2n) is 5.91. The molecule has 0 saturated heterocycles. The first-order valence-electron chi connectivity index (χ1n) is 8.21. The van der Waals surface area contributed by atoms with Crippen LogP contribution in [0, 0.1) is 5.41 Å². The number of imidazole rings is 1. The summed E-state index contributed by atoms with van der Waals surface area (Å²) in [5.74, 6) is 1.35. The number of ether oxygens (including phenoxy) is 1. The van der Waals surface area contributed by atoms with Crippen LogP contribution in [0.25, 0.3) is 11.2 Å². The number of nitrogens with one attached hydrogen (secondary N) is 2. The van der Waals surface area contributed by atoms with Gasteiger partial charge in [0.2, 0.25) is 0 Å². The summed E-state index contributed by atoms with van der Waals surface area (Å²) < 4.78 is 7.54. The number of benzene rings is 2. The van der Waals surface area contributed by atoms with Crippen LogP contribution in [0.5, 0.6) is 5.75 Å². The Labute approximate surface area is 164 Å². The summed E-state index contributed by atoms with van der Waals surface area (Å²) in [5, 5.41) is 9.19. The third-order valence-corrected chi connectivity index (χ3v) is 4.79. The van der Waals surface area contributed by atoms with E-state index in [9.17, 15) is 0 Å². The third kappa shape index (κ3) is 3.67. The van der Waals surface area contributed by atoms with Crippen molar-refractivity contribution in [3.05, 3.63) is 81.8 Å². The van der Waals surface area contributed by atoms with Crippen molar-refractivity contribution in [2.45, 2.75) is 13.2 Å². The number of aromatic nitrogens is 4. The summed E-state index contributed by atoms with van der Waals surface area (Å²) in [7, 11) is 0. The Balaban J connectivity index is 1.67. The van der Waals surface area contributed by atoms with Crippen molar-refractivity contribution < 1.29 is 4.74 Å². The van der Waals surface area contributed by atoms with Gasteiger partial charge in [0, 0.05) is 15.6 Å². The first-order chi connectivity index (χ1) is 13.1. The molecule has 0 aliphatic rings. The molecule has 136 valence electrons. The molecular formula is C19H15Cl2N5O. The number of hydrogen-bond acceptors (Lipinski definition) is 4. The topological polar surface area (TPSA) is 79.6 Å². The van der Waals surface area contributed by atoms with Gasteiger partial charge in [-0.3, -0.25) is 5.41 Å². The highest BCUT2D eigenvalue weighted by molar-refractivity contribution is 6.36. The molecular weight excluding hydrogens is 385 g/mol. The molecule has 2 aromatic heterocycles. The molecule has 0 amide bonds. The van der Waals surface area contributed by atoms with Crippen LogP contribution in [0.3, 0.4) is 0 Å². The predicted octanol–water partition coefficient (Wildman–Crippen LogP) is 4.17. The molecule has 0 radical (unpaired) electrons. The smallest absolute Gasteiger partial charge is 0.173 e. The van der Waals surface area contributed by atoms with E-state index in [1.807, 2.05) is 34.9 Å². The van der Waals surface area contributed by atoms with E-state index in [1.54, 1.807) is 24.5 Å². The van der Waals surface area contributed by atoms with E-state index in [2.05, 4.69) is 15.0 Å². The maximum absolute atomic E-state index is 8.05. The van der Waals surface area contributed by atoms with E-state index in [0.717, 1.165) is 11.3 Å². The molecule has 2 aromatic carbocycles. The maximum atomic E-state index is 8.05. The number of hydrogen-bond donors (Lipinski definition) is 2. The third-order valence-electron chi connectivity index (χ3n) is 4.08. The molecule has 27 heavy (non-hydrogen) atoms. The zero-order chi connectivity index (χ0) is 18.8. The van der Waals surface area contributed by atoms with Gasteiger partial charge >= 0.3 is 0 Å². The predicted molar refractivity (Wildman–Crippen MR) is 104 cm³/mol. The molecule has 0 saturated carbocycles. The minimum atomic E-state index is 0.116. The van der Waals surface area contributed by atoms with E-state index in [0.29, 0.717) is 33.6 Å². The SMILES string of the molecule is N=c1ncn(Cc2c(Cl)cccc2Cl)c2nc(COc3ccccc3)[nH]c12. The van der Waals surface area contributed by atoms with Gasteiger partial charge in [0.05, 0.1) is 12.9 Å². The molecule has 6 nitrogen and oxygen atoms in total. The van der Waals surface area contributed by atoms with Gasteiger partial charge in [-0.2, -0.15) is 0 Å². The number of H-pyrrole nitrogens is 1. The van der Waals surface area contributed by atoms with Crippen molar-refractivity contribution >= 4 is 34.4 Å². The lowest BCUT2D eigenvalue weighted by molar-refractivity contribution is 0.297. The van der Waals surface area contributed by atoms with Gasteiger partial charge in [-0.15, -0.1) is 0 Å². The number of fused-ring (bicyclic) bond motifs is 1. The minimum absolute atomic E-state index is 0.116. The van der Waals surface area contributed by atoms with Crippen LogP contribution in [0.15, 0.2) is 54.9 Å². The summed E-state index contributed by atoms with van der Waals surface area (Å²) in [6.45, 7) is 0.650. The number of halogens is 2. The summed E-state index contributed by atoms with van der Waals surface area (Å²) in [4.78, 5) is 11.8. The highest BCUT2D eigenvalue weighted by atomic mass is 35.5. The summed E-state index contributed by atoms with van der Waals surface area (Å²) in [5.41, 5.74) is 2.02. The molecule has 0 fully saturated rings. The first kappa shape index (κ1) is 17.6. The Kier molecular flexibility index (Phi) is 4.83. The monoisotopic (exact) mass is 399 g/mol. The van der Waals surface area contributed by atoms with Crippen LogP contribution >= 0.6 is 23.2 Å². The molecule has 8 heteroatoms. The van der Waals surface area contributed by atoms with Crippen LogP contribution in [0.2, 0.25) is 10.0 Å². The maximum Gasteiger partial charge on any atom is 0.173 e. The highest BCUT2D eigenvalue weighted by Gasteiger charge is 2.12. The van der Waals surface area contributed by atoms with Gasteiger partial charge in [-0.1, -0.05) is 47.5 Å². The van der Waals surface area contributed by atoms with Crippen molar-refractivity contribution in [2.75, 3.05) is 0 Å². The molecule has 0 spiro atoms. The zero-order valence-corrected chi connectivity index (χ0v) is 15.6. The fraction of sp³-hybridized carbons (Fsp3) is 0.105. The van der Waals surface area contributed by atoms with E-state index in [1.165, 1.54) is 0 Å². The number of aromatic amines is 1. The average molecular weight is 400 g/mol. The van der Waals surface area contributed by atoms with Crippen molar-refractivity contribution in [3.8, 4) is 5.75 Å². The number of nitrogens with zero attached hydrogens (tertiary/aromatic N) is 3. The van der Waals surface area contributed by atoms with E-state index in [4.69, 9.17) is 33.3 Å². The van der Waals surface area contributed by atoms with Crippen molar-refractivity contribution in [1.29, 1.82) is 5.41 Å². The molecule has 0 aliphatic heterocycles. The minimum Gasteiger partial charge on any atom is -0.486 e. The lowest BCUT2D eigenvalue weighted by atomic mass is 10.2. The van der Waals surface area contributed by atoms with Crippen LogP contribution in [-0.4, -0.2) is 19.5 Å². The fourth-order valence-corrected chi connectivity index (χ4v) is 3.25. The average Bonchev–Trinajstić information content (AvgIpc) is 3.11. The zero-order valence-electron chi connectivity index (χ0n) is 14.1. The Bertz CT molecular complexity index is 1130. The Morgan fingerprint density at radius 2 is 1.78 bits per heavy atom. The molecule has 4 aromatic rings. The molecule has 0 aliphatic carbocycles. The van der Waals surface area contributed by atoms with Gasteiger partial charge in [-0.05, 0) is 24.3 Å². The molecule has 4 rings (SSSR count). The van der Waals surface area contributed by atoms with Crippen LogP contribution < -0.4 is 10.2 Å². The van der Waals surface area contributed by atoms with Gasteiger partial charge < -0.3 is 14.3 Å². The van der Waals surface area contributed by atoms with Crippen LogP contribution in [-0.2, 0) is 13.2 Å². The quantitative estimate of drug-likeness (QED) is 0.528. The van der Waals surface area contributed by atoms with E-state index < -0.39 is 0 Å².